The molecule has 6 heteroatoms. The highest BCUT2D eigenvalue weighted by Crippen LogP contribution is 2.54. The first-order valence-corrected chi connectivity index (χ1v) is 13.7. The van der Waals surface area contributed by atoms with Crippen molar-refractivity contribution in [3.05, 3.63) is 90.5 Å². The first kappa shape index (κ1) is 26.9. The minimum Gasteiger partial charge on any atom is -0.497 e. The molecule has 0 spiro atoms. The van der Waals surface area contributed by atoms with Gasteiger partial charge in [-0.25, -0.2) is 0 Å². The van der Waals surface area contributed by atoms with Gasteiger partial charge in [0, 0.05) is 44.1 Å². The van der Waals surface area contributed by atoms with Crippen molar-refractivity contribution in [2.24, 2.45) is 0 Å². The van der Waals surface area contributed by atoms with Crippen LogP contribution >= 0.6 is 0 Å². The lowest BCUT2D eigenvalue weighted by atomic mass is 9.55. The van der Waals surface area contributed by atoms with Gasteiger partial charge in [-0.3, -0.25) is 14.5 Å². The SMILES string of the molecule is C=CCN1CC[C@@]2(c3cccc(OC)c3)C[C@@H](N(C)C(=O)c3ccc4ccccc4c3)CC[C@]2(OC(C)=O)C1. The smallest absolute Gasteiger partial charge is 0.303 e. The van der Waals surface area contributed by atoms with Gasteiger partial charge in [0.2, 0.25) is 0 Å². The maximum Gasteiger partial charge on any atom is 0.303 e. The third kappa shape index (κ3) is 4.94. The number of likely N-dealkylation sites (tertiary alicyclic amines) is 1. The van der Waals surface area contributed by atoms with Crippen molar-refractivity contribution in [3.8, 4) is 5.75 Å². The maximum absolute atomic E-state index is 13.8. The number of hydrogen-bond donors (Lipinski definition) is 0. The van der Waals surface area contributed by atoms with Crippen molar-refractivity contribution >= 4 is 22.6 Å². The minimum atomic E-state index is -0.713. The Kier molecular flexibility index (Phi) is 7.50. The summed E-state index contributed by atoms with van der Waals surface area (Å²) in [5.74, 6) is 0.507. The number of hydrogen-bond acceptors (Lipinski definition) is 5. The van der Waals surface area contributed by atoms with Gasteiger partial charge in [-0.05, 0) is 72.8 Å². The van der Waals surface area contributed by atoms with E-state index in [4.69, 9.17) is 9.47 Å². The highest BCUT2D eigenvalue weighted by molar-refractivity contribution is 5.98. The van der Waals surface area contributed by atoms with Crippen molar-refractivity contribution in [1.82, 2.24) is 9.80 Å². The summed E-state index contributed by atoms with van der Waals surface area (Å²) in [6.45, 7) is 7.65. The lowest BCUT2D eigenvalue weighted by molar-refractivity contribution is -0.188. The Morgan fingerprint density at radius 3 is 2.62 bits per heavy atom. The molecule has 204 valence electrons. The molecule has 0 N–H and O–H groups in total. The number of benzene rings is 3. The number of piperidine rings is 1. The number of amides is 1. The van der Waals surface area contributed by atoms with Crippen LogP contribution in [0.3, 0.4) is 0 Å². The van der Waals surface area contributed by atoms with Gasteiger partial charge in [0.1, 0.15) is 11.4 Å². The molecule has 5 rings (SSSR count). The monoisotopic (exact) mass is 526 g/mol. The Morgan fingerprint density at radius 1 is 1.08 bits per heavy atom. The standard InChI is InChI=1S/C33H38N2O4/c1-5-18-35-19-17-32(28-11-8-12-30(21-28)38-4)22-29(15-16-33(32,23-35)39-24(2)36)34(3)31(37)27-14-13-25-9-6-7-10-26(25)20-27/h5-14,20-21,29H,1,15-19,22-23H2,2-4H3/t29-,32-,33-/m0/s1. The average molecular weight is 527 g/mol. The fourth-order valence-corrected chi connectivity index (χ4v) is 6.94. The summed E-state index contributed by atoms with van der Waals surface area (Å²) in [6.07, 6.45) is 4.82. The molecular weight excluding hydrogens is 488 g/mol. The van der Waals surface area contributed by atoms with Crippen molar-refractivity contribution in [3.63, 3.8) is 0 Å². The molecule has 2 aliphatic rings. The van der Waals surface area contributed by atoms with Gasteiger partial charge in [0.05, 0.1) is 7.11 Å². The molecule has 1 heterocycles. The zero-order valence-electron chi connectivity index (χ0n) is 23.2. The Labute approximate surface area is 231 Å². The Bertz CT molecular complexity index is 1390. The van der Waals surface area contributed by atoms with Crippen LogP contribution in [0.15, 0.2) is 79.4 Å². The van der Waals surface area contributed by atoms with Crippen molar-refractivity contribution in [2.45, 2.75) is 49.7 Å². The molecule has 3 aromatic rings. The molecule has 1 aliphatic heterocycles. The van der Waals surface area contributed by atoms with Crippen molar-refractivity contribution in [1.29, 1.82) is 0 Å². The summed E-state index contributed by atoms with van der Waals surface area (Å²) in [7, 11) is 3.58. The summed E-state index contributed by atoms with van der Waals surface area (Å²) >= 11 is 0. The molecule has 1 aliphatic carbocycles. The zero-order chi connectivity index (χ0) is 27.6. The van der Waals surface area contributed by atoms with Crippen LogP contribution in [0.25, 0.3) is 10.8 Å². The van der Waals surface area contributed by atoms with Gasteiger partial charge in [-0.15, -0.1) is 6.58 Å². The number of nitrogens with zero attached hydrogens (tertiary/aromatic N) is 2. The topological polar surface area (TPSA) is 59.1 Å². The van der Waals surface area contributed by atoms with Crippen molar-refractivity contribution in [2.75, 3.05) is 33.8 Å². The van der Waals surface area contributed by atoms with Crippen LogP contribution in [0.5, 0.6) is 5.75 Å². The van der Waals surface area contributed by atoms with E-state index in [2.05, 4.69) is 29.7 Å². The summed E-state index contributed by atoms with van der Waals surface area (Å²) in [4.78, 5) is 30.6. The number of fused-ring (bicyclic) bond motifs is 2. The number of methoxy groups -OCH3 is 1. The first-order valence-electron chi connectivity index (χ1n) is 13.7. The lowest BCUT2D eigenvalue weighted by Gasteiger charge is -2.60. The summed E-state index contributed by atoms with van der Waals surface area (Å²) < 4.78 is 12.0. The molecule has 3 atom stereocenters. The Balaban J connectivity index is 1.53. The number of carbonyl (C=O) groups excluding carboxylic acids is 2. The van der Waals surface area contributed by atoms with E-state index in [-0.39, 0.29) is 17.9 Å². The molecule has 1 saturated carbocycles. The van der Waals surface area contributed by atoms with Crippen LogP contribution in [0.2, 0.25) is 0 Å². The fraction of sp³-hybridized carbons (Fsp3) is 0.394. The number of rotatable bonds is 7. The number of ether oxygens (including phenoxy) is 2. The van der Waals surface area contributed by atoms with Gasteiger partial charge in [0.25, 0.3) is 5.91 Å². The predicted octanol–water partition coefficient (Wildman–Crippen LogP) is 5.60. The van der Waals surface area contributed by atoms with Gasteiger partial charge < -0.3 is 14.4 Å². The highest BCUT2D eigenvalue weighted by atomic mass is 16.6. The largest absolute Gasteiger partial charge is 0.497 e. The second-order valence-electron chi connectivity index (χ2n) is 11.1. The molecule has 1 amide bonds. The van der Waals surface area contributed by atoms with E-state index in [1.54, 1.807) is 7.11 Å². The van der Waals surface area contributed by atoms with Crippen LogP contribution in [0, 0.1) is 0 Å². The van der Waals surface area contributed by atoms with E-state index in [0.717, 1.165) is 48.0 Å². The van der Waals surface area contributed by atoms with E-state index in [1.807, 2.05) is 66.6 Å². The third-order valence-corrected chi connectivity index (χ3v) is 8.88. The summed E-state index contributed by atoms with van der Waals surface area (Å²) in [6, 6.07) is 22.1. The molecule has 1 saturated heterocycles. The van der Waals surface area contributed by atoms with E-state index < -0.39 is 11.0 Å². The first-order chi connectivity index (χ1) is 18.8. The van der Waals surface area contributed by atoms with Crippen LogP contribution in [0.1, 0.15) is 48.5 Å². The molecule has 39 heavy (non-hydrogen) atoms. The van der Waals surface area contributed by atoms with Gasteiger partial charge in [0.15, 0.2) is 0 Å². The van der Waals surface area contributed by atoms with Crippen molar-refractivity contribution < 1.29 is 19.1 Å². The molecule has 3 aromatic carbocycles. The summed E-state index contributed by atoms with van der Waals surface area (Å²) in [5.41, 5.74) is 0.600. The van der Waals surface area contributed by atoms with E-state index in [0.29, 0.717) is 24.9 Å². The number of esters is 1. The van der Waals surface area contributed by atoms with Crippen LogP contribution in [-0.2, 0) is 14.9 Å². The zero-order valence-corrected chi connectivity index (χ0v) is 23.2. The molecule has 2 fully saturated rings. The second kappa shape index (κ2) is 10.9. The minimum absolute atomic E-state index is 0.00944. The van der Waals surface area contributed by atoms with Gasteiger partial charge >= 0.3 is 5.97 Å². The maximum atomic E-state index is 13.8. The van der Waals surface area contributed by atoms with Gasteiger partial charge in [-0.2, -0.15) is 0 Å². The summed E-state index contributed by atoms with van der Waals surface area (Å²) in [5, 5.41) is 2.17. The fourth-order valence-electron chi connectivity index (χ4n) is 6.94. The molecular formula is C33H38N2O4. The third-order valence-electron chi connectivity index (χ3n) is 8.88. The lowest BCUT2D eigenvalue weighted by Crippen LogP contribution is -2.68. The van der Waals surface area contributed by atoms with E-state index >= 15 is 0 Å². The Hall–Kier alpha value is -3.64. The molecule has 0 bridgehead atoms. The molecule has 0 aromatic heterocycles. The average Bonchev–Trinajstić information content (AvgIpc) is 2.95. The normalized spacial score (nSPS) is 24.9. The van der Waals surface area contributed by atoms with E-state index in [9.17, 15) is 9.59 Å². The van der Waals surface area contributed by atoms with E-state index in [1.165, 1.54) is 6.92 Å². The Morgan fingerprint density at radius 2 is 1.87 bits per heavy atom. The highest BCUT2D eigenvalue weighted by Gasteiger charge is 2.61. The molecule has 0 radical (unpaired) electrons. The van der Waals surface area contributed by atoms with Gasteiger partial charge in [-0.1, -0.05) is 48.5 Å². The molecule has 0 unspecified atom stereocenters. The number of carbonyl (C=O) groups is 2. The van der Waals surface area contributed by atoms with Crippen LogP contribution < -0.4 is 4.74 Å². The molecule has 6 nitrogen and oxygen atoms in total. The quantitative estimate of drug-likeness (QED) is 0.296. The second-order valence-corrected chi connectivity index (χ2v) is 11.1. The van der Waals surface area contributed by atoms with Crippen LogP contribution in [0.4, 0.5) is 0 Å². The predicted molar refractivity (Wildman–Crippen MR) is 154 cm³/mol. The van der Waals surface area contributed by atoms with Crippen LogP contribution in [-0.4, -0.2) is 67.1 Å².